The molecule has 3 aromatic rings. The summed E-state index contributed by atoms with van der Waals surface area (Å²) in [7, 11) is -4.92. The predicted molar refractivity (Wildman–Crippen MR) is 129 cm³/mol. The molecule has 0 radical (unpaired) electrons. The van der Waals surface area contributed by atoms with Crippen molar-refractivity contribution < 1.29 is 131 Å². The van der Waals surface area contributed by atoms with Crippen LogP contribution in [0, 0.1) is 12.1 Å². The molecule has 0 atom stereocenters. The molecular weight excluding hydrogens is 606 g/mol. The third kappa shape index (κ3) is 12.5. The van der Waals surface area contributed by atoms with Gasteiger partial charge in [0.05, 0.1) is 11.1 Å². The summed E-state index contributed by atoms with van der Waals surface area (Å²) in [5.41, 5.74) is -1.61. The molecule has 0 unspecified atom stereocenters. The molecule has 0 fully saturated rings. The minimum absolute atomic E-state index is 0. The monoisotopic (exact) mass is 622 g/mol. The van der Waals surface area contributed by atoms with Gasteiger partial charge in [0.2, 0.25) is 11.9 Å². The molecule has 0 aliphatic heterocycles. The van der Waals surface area contributed by atoms with E-state index in [0.29, 0.717) is 0 Å². The van der Waals surface area contributed by atoms with Gasteiger partial charge in [-0.2, -0.15) is 8.42 Å². The fraction of sp³-hybridized carbons (Fsp3) is 0. The smallest absolute Gasteiger partial charge is 0.521 e. The van der Waals surface area contributed by atoms with Gasteiger partial charge in [0.1, 0.15) is 4.90 Å². The van der Waals surface area contributed by atoms with Crippen LogP contribution >= 0.6 is 0 Å². The first-order chi connectivity index (χ1) is 18.5. The molecule has 210 valence electrons. The van der Waals surface area contributed by atoms with Crippen molar-refractivity contribution in [3.05, 3.63) is 100 Å². The van der Waals surface area contributed by atoms with Gasteiger partial charge < -0.3 is 40.2 Å². The standard InChI is InChI=1S/C8H6O7S.2C8H5O4.2Na/c9-7(10)4-2-1-3-5(8(11)12)6(4)16(13,14)15;2*9-7(10)5-1-2-6(4-3-5)8(11)12;;/h1-3H,(H,9,10)(H,11,12)(H,13,14,15);2*1-3H,(H,9,10)(H,11,12);;/q;2*-1;2*+1. The molecule has 3 aromatic carbocycles. The number of rotatable bonds is 7. The third-order valence-electron chi connectivity index (χ3n) is 4.31. The molecule has 0 saturated carbocycles. The molecule has 0 aliphatic rings. The van der Waals surface area contributed by atoms with Crippen molar-refractivity contribution in [2.45, 2.75) is 4.90 Å². The summed E-state index contributed by atoms with van der Waals surface area (Å²) in [4.78, 5) is 61.5. The summed E-state index contributed by atoms with van der Waals surface area (Å²) in [6.07, 6.45) is 0. The zero-order valence-electron chi connectivity index (χ0n) is 21.5. The molecule has 0 saturated heterocycles. The maximum atomic E-state index is 10.9. The minimum atomic E-state index is -4.92. The number of carbonyl (C=O) groups is 6. The van der Waals surface area contributed by atoms with Gasteiger partial charge in [0.15, 0.2) is 0 Å². The maximum Gasteiger partial charge on any atom is 1.00 e. The van der Waals surface area contributed by atoms with Crippen molar-refractivity contribution in [2.75, 3.05) is 0 Å². The third-order valence-corrected chi connectivity index (χ3v) is 5.27. The summed E-state index contributed by atoms with van der Waals surface area (Å²) in [6.45, 7) is 0. The van der Waals surface area contributed by atoms with Crippen LogP contribution in [0.25, 0.3) is 0 Å². The van der Waals surface area contributed by atoms with Gasteiger partial charge in [0.25, 0.3) is 22.1 Å². The first-order valence-electron chi connectivity index (χ1n) is 10.0. The molecule has 15 nitrogen and oxygen atoms in total. The van der Waals surface area contributed by atoms with Gasteiger partial charge in [-0.1, -0.05) is 17.2 Å². The Balaban J connectivity index is 0. The van der Waals surface area contributed by atoms with Gasteiger partial charge >= 0.3 is 71.1 Å². The molecule has 0 spiro atoms. The van der Waals surface area contributed by atoms with E-state index in [1.165, 1.54) is 24.3 Å². The molecule has 0 heterocycles. The van der Waals surface area contributed by atoms with Crippen LogP contribution in [0.3, 0.4) is 0 Å². The van der Waals surface area contributed by atoms with Crippen LogP contribution in [0.15, 0.2) is 59.5 Å². The van der Waals surface area contributed by atoms with Crippen LogP contribution in [0.1, 0.15) is 62.1 Å². The number of benzene rings is 3. The second kappa shape index (κ2) is 18.0. The van der Waals surface area contributed by atoms with E-state index in [-0.39, 0.29) is 81.4 Å². The summed E-state index contributed by atoms with van der Waals surface area (Å²) < 4.78 is 30.6. The molecule has 3 rings (SSSR count). The van der Waals surface area contributed by atoms with Gasteiger partial charge in [-0.25, -0.2) is 9.59 Å². The van der Waals surface area contributed by atoms with Crippen molar-refractivity contribution in [2.24, 2.45) is 0 Å². The van der Waals surface area contributed by atoms with Crippen LogP contribution in [-0.2, 0) is 10.1 Å². The van der Waals surface area contributed by atoms with Crippen LogP contribution in [0.4, 0.5) is 0 Å². The summed E-state index contributed by atoms with van der Waals surface area (Å²) in [5, 5.41) is 51.1. The Hall–Kier alpha value is -3.61. The zero-order chi connectivity index (χ0) is 30.8. The number of carboxylic acid groups (broad SMARTS) is 6. The van der Waals surface area contributed by atoms with E-state index in [9.17, 15) is 37.2 Å². The topological polar surface area (TPSA) is 278 Å². The number of hydrogen-bond donors (Lipinski definition) is 7. The number of carboxylic acids is 6. The summed E-state index contributed by atoms with van der Waals surface area (Å²) in [6, 6.07) is 14.6. The zero-order valence-corrected chi connectivity index (χ0v) is 26.3. The fourth-order valence-electron chi connectivity index (χ4n) is 2.53. The van der Waals surface area contributed by atoms with E-state index < -0.39 is 62.0 Å². The maximum absolute atomic E-state index is 10.9. The summed E-state index contributed by atoms with van der Waals surface area (Å²) in [5.74, 6) is -7.71. The van der Waals surface area contributed by atoms with Crippen LogP contribution < -0.4 is 59.1 Å². The van der Waals surface area contributed by atoms with E-state index >= 15 is 0 Å². The second-order valence-electron chi connectivity index (χ2n) is 6.97. The average molecular weight is 622 g/mol. The van der Waals surface area contributed by atoms with Crippen LogP contribution in [0.2, 0.25) is 0 Å². The number of aromatic carboxylic acids is 6. The average Bonchev–Trinajstić information content (AvgIpc) is 2.88. The minimum Gasteiger partial charge on any atom is -0.521 e. The van der Waals surface area contributed by atoms with E-state index in [1.54, 1.807) is 0 Å². The van der Waals surface area contributed by atoms with Gasteiger partial charge in [0, 0.05) is 0 Å². The largest absolute Gasteiger partial charge is 1.00 e. The Morgan fingerprint density at radius 2 is 0.857 bits per heavy atom. The molecule has 0 amide bonds. The Labute approximate surface area is 280 Å². The van der Waals surface area contributed by atoms with E-state index in [2.05, 4.69) is 12.1 Å². The van der Waals surface area contributed by atoms with Crippen molar-refractivity contribution >= 4 is 45.9 Å². The molecule has 7 N–H and O–H groups in total. The Bertz CT molecular complexity index is 1400. The van der Waals surface area contributed by atoms with E-state index in [1.807, 2.05) is 0 Å². The van der Waals surface area contributed by atoms with E-state index in [0.717, 1.165) is 30.3 Å². The van der Waals surface area contributed by atoms with Crippen molar-refractivity contribution in [1.29, 1.82) is 0 Å². The molecule has 0 bridgehead atoms. The molecule has 0 aromatic heterocycles. The van der Waals surface area contributed by atoms with Crippen molar-refractivity contribution in [3.8, 4) is 0 Å². The van der Waals surface area contributed by atoms with Crippen LogP contribution in [-0.4, -0.2) is 79.4 Å². The SMILES string of the molecule is O=C(O)c1[c-]cc(C(=O)O)cc1.O=C(O)c1[c-]cc(C(=O)O)cc1.O=C(O)c1cccc(C(=O)O)c1S(=O)(=O)O.[Na+].[Na+]. The molecule has 18 heteroatoms. The Morgan fingerprint density at radius 1 is 0.524 bits per heavy atom. The first-order valence-corrected chi connectivity index (χ1v) is 11.4. The second-order valence-corrected chi connectivity index (χ2v) is 8.33. The Morgan fingerprint density at radius 3 is 1.05 bits per heavy atom. The molecule has 42 heavy (non-hydrogen) atoms. The number of hydrogen-bond acceptors (Lipinski definition) is 8. The fourth-order valence-corrected chi connectivity index (χ4v) is 3.40. The van der Waals surface area contributed by atoms with Gasteiger partial charge in [-0.15, -0.1) is 48.5 Å². The van der Waals surface area contributed by atoms with Crippen molar-refractivity contribution in [3.63, 3.8) is 0 Å². The molecular formula is C24H16Na2O15S. The predicted octanol–water partition coefficient (Wildman–Crippen LogP) is -3.90. The molecule has 0 aliphatic carbocycles. The Kier molecular flexibility index (Phi) is 17.4. The first kappa shape index (κ1) is 40.5. The van der Waals surface area contributed by atoms with Gasteiger partial charge in [-0.3, -0.25) is 14.1 Å². The van der Waals surface area contributed by atoms with Gasteiger partial charge in [-0.05, 0) is 23.3 Å². The quantitative estimate of drug-likeness (QED) is 0.0753. The van der Waals surface area contributed by atoms with E-state index in [4.69, 9.17) is 35.2 Å². The van der Waals surface area contributed by atoms with Crippen LogP contribution in [0.5, 0.6) is 0 Å². The van der Waals surface area contributed by atoms with Crippen molar-refractivity contribution in [1.82, 2.24) is 0 Å². The summed E-state index contributed by atoms with van der Waals surface area (Å²) >= 11 is 0. The normalized spacial score (nSPS) is 9.55.